The number of carboxylic acid groups (broad SMARTS) is 1. The molecule has 0 aliphatic heterocycles. The highest BCUT2D eigenvalue weighted by Crippen LogP contribution is 2.34. The van der Waals surface area contributed by atoms with Gasteiger partial charge >= 0.3 is 5.97 Å². The Morgan fingerprint density at radius 1 is 1.32 bits per heavy atom. The molecule has 19 heavy (non-hydrogen) atoms. The van der Waals surface area contributed by atoms with Crippen molar-refractivity contribution in [2.45, 2.75) is 62.9 Å². The second-order valence-electron chi connectivity index (χ2n) is 6.48. The van der Waals surface area contributed by atoms with E-state index in [4.69, 9.17) is 0 Å². The molecule has 0 aromatic heterocycles. The van der Waals surface area contributed by atoms with Gasteiger partial charge in [0, 0.05) is 12.6 Å². The molecule has 0 heterocycles. The summed E-state index contributed by atoms with van der Waals surface area (Å²) >= 11 is 0. The van der Waals surface area contributed by atoms with Gasteiger partial charge in [0.25, 0.3) is 0 Å². The molecule has 4 nitrogen and oxygen atoms in total. The first-order valence-electron chi connectivity index (χ1n) is 7.70. The predicted octanol–water partition coefficient (Wildman–Crippen LogP) is 2.09. The quantitative estimate of drug-likeness (QED) is 0.801. The van der Waals surface area contributed by atoms with Crippen molar-refractivity contribution in [2.24, 2.45) is 5.92 Å². The fourth-order valence-corrected chi connectivity index (χ4v) is 3.85. The molecule has 2 aliphatic rings. The first-order chi connectivity index (χ1) is 9.07. The van der Waals surface area contributed by atoms with Gasteiger partial charge in [0.2, 0.25) is 0 Å². The van der Waals surface area contributed by atoms with Gasteiger partial charge in [0.1, 0.15) is 5.54 Å². The first kappa shape index (κ1) is 14.8. The molecule has 2 atom stereocenters. The van der Waals surface area contributed by atoms with Crippen LogP contribution in [0.1, 0.15) is 51.4 Å². The van der Waals surface area contributed by atoms with Crippen molar-refractivity contribution < 1.29 is 9.90 Å². The van der Waals surface area contributed by atoms with E-state index in [0.717, 1.165) is 31.7 Å². The third-order valence-electron chi connectivity index (χ3n) is 5.27. The number of hydrogen-bond acceptors (Lipinski definition) is 3. The van der Waals surface area contributed by atoms with Gasteiger partial charge in [-0.1, -0.05) is 19.3 Å². The summed E-state index contributed by atoms with van der Waals surface area (Å²) in [7, 11) is 3.95. The van der Waals surface area contributed by atoms with Crippen molar-refractivity contribution in [1.82, 2.24) is 10.2 Å². The summed E-state index contributed by atoms with van der Waals surface area (Å²) in [5, 5.41) is 12.4. The largest absolute Gasteiger partial charge is 0.480 e. The number of likely N-dealkylation sites (N-methyl/N-ethyl adjacent to an activating group) is 1. The van der Waals surface area contributed by atoms with E-state index in [1.807, 2.05) is 0 Å². The molecule has 0 aromatic rings. The second-order valence-corrected chi connectivity index (χ2v) is 6.48. The van der Waals surface area contributed by atoms with Crippen LogP contribution in [0.3, 0.4) is 0 Å². The lowest BCUT2D eigenvalue weighted by molar-refractivity contribution is -0.144. The van der Waals surface area contributed by atoms with E-state index in [2.05, 4.69) is 17.3 Å². The molecule has 2 N–H and O–H groups in total. The smallest absolute Gasteiger partial charge is 0.323 e. The molecular weight excluding hydrogens is 240 g/mol. The molecule has 2 aliphatic carbocycles. The number of rotatable bonds is 5. The Kier molecular flexibility index (Phi) is 4.85. The second kappa shape index (κ2) is 6.23. The van der Waals surface area contributed by atoms with Crippen molar-refractivity contribution in [3.63, 3.8) is 0 Å². The minimum absolute atomic E-state index is 0.422. The first-order valence-corrected chi connectivity index (χ1v) is 7.70. The van der Waals surface area contributed by atoms with Crippen LogP contribution in [0.25, 0.3) is 0 Å². The van der Waals surface area contributed by atoms with Gasteiger partial charge in [-0.15, -0.1) is 0 Å². The normalized spacial score (nSPS) is 32.9. The van der Waals surface area contributed by atoms with Crippen molar-refractivity contribution in [3.05, 3.63) is 0 Å². The summed E-state index contributed by atoms with van der Waals surface area (Å²) in [5.74, 6) is 0.136. The lowest BCUT2D eigenvalue weighted by Crippen LogP contribution is -2.49. The zero-order valence-corrected chi connectivity index (χ0v) is 12.3. The summed E-state index contributed by atoms with van der Waals surface area (Å²) in [6.45, 7) is 1.14. The fourth-order valence-electron chi connectivity index (χ4n) is 3.85. The van der Waals surface area contributed by atoms with E-state index in [9.17, 15) is 9.90 Å². The fraction of sp³-hybridized carbons (Fsp3) is 0.933. The van der Waals surface area contributed by atoms with E-state index in [1.54, 1.807) is 7.05 Å². The number of nitrogens with zero attached hydrogens (tertiary/aromatic N) is 1. The molecule has 0 aromatic carbocycles. The molecule has 0 spiro atoms. The standard InChI is InChI=1S/C15H28N2O2/c1-16-15(14(18)19)9-8-13(10-15)17(2)11-12-6-4-3-5-7-12/h12-13,16H,3-11H2,1-2H3,(H,18,19). The van der Waals surface area contributed by atoms with Crippen molar-refractivity contribution in [2.75, 3.05) is 20.6 Å². The lowest BCUT2D eigenvalue weighted by atomic mass is 9.88. The van der Waals surface area contributed by atoms with E-state index in [0.29, 0.717) is 6.04 Å². The van der Waals surface area contributed by atoms with E-state index in [-0.39, 0.29) is 0 Å². The summed E-state index contributed by atoms with van der Waals surface area (Å²) < 4.78 is 0. The average molecular weight is 268 g/mol. The topological polar surface area (TPSA) is 52.6 Å². The van der Waals surface area contributed by atoms with Gasteiger partial charge in [-0.3, -0.25) is 4.79 Å². The van der Waals surface area contributed by atoms with Gasteiger partial charge in [0.15, 0.2) is 0 Å². The Balaban J connectivity index is 1.87. The molecule has 110 valence electrons. The van der Waals surface area contributed by atoms with Crippen LogP contribution >= 0.6 is 0 Å². The SMILES string of the molecule is CNC1(C(=O)O)CCC(N(C)CC2CCCCC2)C1. The average Bonchev–Trinajstić information content (AvgIpc) is 2.86. The van der Waals surface area contributed by atoms with Crippen LogP contribution in [0.15, 0.2) is 0 Å². The highest BCUT2D eigenvalue weighted by Gasteiger charge is 2.45. The van der Waals surface area contributed by atoms with Crippen molar-refractivity contribution >= 4 is 5.97 Å². The third kappa shape index (κ3) is 3.29. The van der Waals surface area contributed by atoms with E-state index < -0.39 is 11.5 Å². The van der Waals surface area contributed by atoms with Crippen LogP contribution in [0.4, 0.5) is 0 Å². The molecule has 2 unspecified atom stereocenters. The Hall–Kier alpha value is -0.610. The maximum Gasteiger partial charge on any atom is 0.323 e. The van der Waals surface area contributed by atoms with Crippen LogP contribution in [-0.4, -0.2) is 48.2 Å². The van der Waals surface area contributed by atoms with E-state index >= 15 is 0 Å². The molecule has 2 rings (SSSR count). The van der Waals surface area contributed by atoms with Gasteiger partial charge in [-0.2, -0.15) is 0 Å². The van der Waals surface area contributed by atoms with Gasteiger partial charge < -0.3 is 15.3 Å². The molecule has 2 saturated carbocycles. The zero-order valence-electron chi connectivity index (χ0n) is 12.3. The molecule has 2 fully saturated rings. The number of aliphatic carboxylic acids is 1. The molecule has 0 bridgehead atoms. The summed E-state index contributed by atoms with van der Waals surface area (Å²) in [6.07, 6.45) is 9.33. The Bertz CT molecular complexity index is 315. The molecular formula is C15H28N2O2. The summed E-state index contributed by atoms with van der Waals surface area (Å²) in [4.78, 5) is 13.8. The van der Waals surface area contributed by atoms with Gasteiger partial charge in [0.05, 0.1) is 0 Å². The van der Waals surface area contributed by atoms with Crippen molar-refractivity contribution in [1.29, 1.82) is 0 Å². The Morgan fingerprint density at radius 3 is 2.53 bits per heavy atom. The zero-order chi connectivity index (χ0) is 13.9. The van der Waals surface area contributed by atoms with Crippen LogP contribution in [0.5, 0.6) is 0 Å². The van der Waals surface area contributed by atoms with Crippen LogP contribution in [0.2, 0.25) is 0 Å². The highest BCUT2D eigenvalue weighted by atomic mass is 16.4. The van der Waals surface area contributed by atoms with Crippen LogP contribution in [-0.2, 0) is 4.79 Å². The maximum atomic E-state index is 11.4. The Morgan fingerprint density at radius 2 is 2.00 bits per heavy atom. The van der Waals surface area contributed by atoms with Gasteiger partial charge in [-0.25, -0.2) is 0 Å². The molecule has 0 amide bonds. The summed E-state index contributed by atoms with van der Waals surface area (Å²) in [5.41, 5.74) is -0.689. The molecule has 0 radical (unpaired) electrons. The number of carboxylic acids is 1. The van der Waals surface area contributed by atoms with Crippen LogP contribution in [0, 0.1) is 5.92 Å². The Labute approximate surface area is 116 Å². The van der Waals surface area contributed by atoms with Gasteiger partial charge in [-0.05, 0) is 52.1 Å². The number of carbonyl (C=O) groups is 1. The minimum atomic E-state index is -0.691. The number of hydrogen-bond donors (Lipinski definition) is 2. The maximum absolute atomic E-state index is 11.4. The molecule has 4 heteroatoms. The predicted molar refractivity (Wildman–Crippen MR) is 76.3 cm³/mol. The minimum Gasteiger partial charge on any atom is -0.480 e. The highest BCUT2D eigenvalue weighted by molar-refractivity contribution is 5.79. The van der Waals surface area contributed by atoms with E-state index in [1.165, 1.54) is 32.1 Å². The van der Waals surface area contributed by atoms with Crippen LogP contribution < -0.4 is 5.32 Å². The lowest BCUT2D eigenvalue weighted by Gasteiger charge is -2.32. The summed E-state index contributed by atoms with van der Waals surface area (Å²) in [6, 6.07) is 0.422. The van der Waals surface area contributed by atoms with Crippen molar-refractivity contribution in [3.8, 4) is 0 Å². The molecule has 0 saturated heterocycles. The monoisotopic (exact) mass is 268 g/mol. The third-order valence-corrected chi connectivity index (χ3v) is 5.27. The number of nitrogens with one attached hydrogen (secondary N) is 1.